The summed E-state index contributed by atoms with van der Waals surface area (Å²) in [4.78, 5) is 27.1. The molecule has 0 aromatic heterocycles. The standard InChI is InChI=1S/C22H31N3O2S/c1-25(22(28)24-20(26)16-10-4-2-5-11-16)19-15-9-8-14-18(19)21(27)23-17-12-6-3-7-13-17/h8-9,14-17H,2-7,10-13H2,1H3,(H,23,27)(H,24,26,28). The number of anilines is 1. The molecule has 2 saturated carbocycles. The summed E-state index contributed by atoms with van der Waals surface area (Å²) in [5.41, 5.74) is 1.30. The van der Waals surface area contributed by atoms with E-state index in [0.717, 1.165) is 38.5 Å². The van der Waals surface area contributed by atoms with Gasteiger partial charge in [0.05, 0.1) is 11.3 Å². The second kappa shape index (κ2) is 10.0. The Balaban J connectivity index is 1.65. The number of nitrogens with one attached hydrogen (secondary N) is 2. The summed E-state index contributed by atoms with van der Waals surface area (Å²) < 4.78 is 0. The van der Waals surface area contributed by atoms with E-state index in [1.807, 2.05) is 24.3 Å². The first-order chi connectivity index (χ1) is 13.6. The highest BCUT2D eigenvalue weighted by atomic mass is 32.1. The molecule has 152 valence electrons. The first-order valence-electron chi connectivity index (χ1n) is 10.5. The van der Waals surface area contributed by atoms with Crippen LogP contribution in [0.2, 0.25) is 0 Å². The first-order valence-corrected chi connectivity index (χ1v) is 11.0. The molecule has 0 radical (unpaired) electrons. The highest BCUT2D eigenvalue weighted by Gasteiger charge is 2.24. The van der Waals surface area contributed by atoms with Crippen molar-refractivity contribution in [1.82, 2.24) is 10.6 Å². The van der Waals surface area contributed by atoms with Gasteiger partial charge in [-0.2, -0.15) is 0 Å². The van der Waals surface area contributed by atoms with E-state index in [-0.39, 0.29) is 23.8 Å². The van der Waals surface area contributed by atoms with Gasteiger partial charge in [0.25, 0.3) is 5.91 Å². The first kappa shape index (κ1) is 20.8. The van der Waals surface area contributed by atoms with Crippen LogP contribution in [0.4, 0.5) is 5.69 Å². The Kier molecular flexibility index (Phi) is 7.43. The van der Waals surface area contributed by atoms with Crippen molar-refractivity contribution in [2.45, 2.75) is 70.3 Å². The number of para-hydroxylation sites is 1. The average molecular weight is 402 g/mol. The smallest absolute Gasteiger partial charge is 0.253 e. The quantitative estimate of drug-likeness (QED) is 0.744. The van der Waals surface area contributed by atoms with Crippen LogP contribution in [0.15, 0.2) is 24.3 Å². The molecule has 0 unspecified atom stereocenters. The molecule has 2 N–H and O–H groups in total. The summed E-state index contributed by atoms with van der Waals surface area (Å²) in [5, 5.41) is 6.39. The van der Waals surface area contributed by atoms with Gasteiger partial charge in [0.2, 0.25) is 5.91 Å². The molecule has 2 aliphatic rings. The maximum atomic E-state index is 12.9. The highest BCUT2D eigenvalue weighted by molar-refractivity contribution is 7.80. The summed E-state index contributed by atoms with van der Waals surface area (Å²) >= 11 is 5.47. The third-order valence-electron chi connectivity index (χ3n) is 5.96. The van der Waals surface area contributed by atoms with Crippen LogP contribution in [0.25, 0.3) is 0 Å². The maximum Gasteiger partial charge on any atom is 0.253 e. The second-order valence-electron chi connectivity index (χ2n) is 8.01. The lowest BCUT2D eigenvalue weighted by molar-refractivity contribution is -0.124. The molecular formula is C22H31N3O2S. The van der Waals surface area contributed by atoms with E-state index in [1.54, 1.807) is 11.9 Å². The van der Waals surface area contributed by atoms with E-state index in [0.29, 0.717) is 16.4 Å². The van der Waals surface area contributed by atoms with Crippen molar-refractivity contribution >= 4 is 34.8 Å². The van der Waals surface area contributed by atoms with Gasteiger partial charge in [0, 0.05) is 19.0 Å². The van der Waals surface area contributed by atoms with Crippen LogP contribution in [0.1, 0.15) is 74.6 Å². The Morgan fingerprint density at radius 3 is 2.25 bits per heavy atom. The van der Waals surface area contributed by atoms with Gasteiger partial charge in [0.15, 0.2) is 5.11 Å². The lowest BCUT2D eigenvalue weighted by Crippen LogP contribution is -2.44. The van der Waals surface area contributed by atoms with Crippen molar-refractivity contribution in [2.75, 3.05) is 11.9 Å². The number of rotatable bonds is 4. The molecule has 0 saturated heterocycles. The number of hydrogen-bond acceptors (Lipinski definition) is 3. The number of carbonyl (C=O) groups is 2. The fourth-order valence-corrected chi connectivity index (χ4v) is 4.43. The third kappa shape index (κ3) is 5.31. The lowest BCUT2D eigenvalue weighted by atomic mass is 9.89. The normalized spacial score (nSPS) is 18.3. The average Bonchev–Trinajstić information content (AvgIpc) is 2.74. The number of benzene rings is 1. The van der Waals surface area contributed by atoms with E-state index in [4.69, 9.17) is 12.2 Å². The molecule has 6 heteroatoms. The van der Waals surface area contributed by atoms with Gasteiger partial charge in [-0.25, -0.2) is 0 Å². The van der Waals surface area contributed by atoms with Gasteiger partial charge in [-0.1, -0.05) is 50.7 Å². The molecular weight excluding hydrogens is 370 g/mol. The summed E-state index contributed by atoms with van der Waals surface area (Å²) in [6, 6.07) is 7.67. The molecule has 2 aliphatic carbocycles. The van der Waals surface area contributed by atoms with Crippen LogP contribution < -0.4 is 15.5 Å². The zero-order valence-electron chi connectivity index (χ0n) is 16.7. The van der Waals surface area contributed by atoms with Crippen LogP contribution in [0.5, 0.6) is 0 Å². The summed E-state index contributed by atoms with van der Waals surface area (Å²) in [6.45, 7) is 0. The molecule has 0 atom stereocenters. The van der Waals surface area contributed by atoms with E-state index >= 15 is 0 Å². The predicted octanol–water partition coefficient (Wildman–Crippen LogP) is 4.17. The molecule has 0 aliphatic heterocycles. The zero-order valence-corrected chi connectivity index (χ0v) is 17.5. The fraction of sp³-hybridized carbons (Fsp3) is 0.591. The van der Waals surface area contributed by atoms with Crippen molar-refractivity contribution in [2.24, 2.45) is 5.92 Å². The second-order valence-corrected chi connectivity index (χ2v) is 8.40. The minimum absolute atomic E-state index is 0.000637. The summed E-state index contributed by atoms with van der Waals surface area (Å²) in [5.74, 6) is -0.0265. The largest absolute Gasteiger partial charge is 0.349 e. The third-order valence-corrected chi connectivity index (χ3v) is 6.34. The molecule has 28 heavy (non-hydrogen) atoms. The van der Waals surface area contributed by atoms with Crippen LogP contribution in [0.3, 0.4) is 0 Å². The van der Waals surface area contributed by atoms with Gasteiger partial charge in [0.1, 0.15) is 0 Å². The number of amides is 2. The van der Waals surface area contributed by atoms with Gasteiger partial charge in [-0.05, 0) is 50.0 Å². The van der Waals surface area contributed by atoms with Gasteiger partial charge < -0.3 is 15.5 Å². The molecule has 5 nitrogen and oxygen atoms in total. The molecule has 2 fully saturated rings. The van der Waals surface area contributed by atoms with Crippen LogP contribution >= 0.6 is 12.2 Å². The van der Waals surface area contributed by atoms with Crippen molar-refractivity contribution in [3.63, 3.8) is 0 Å². The van der Waals surface area contributed by atoms with Crippen molar-refractivity contribution in [1.29, 1.82) is 0 Å². The fourth-order valence-electron chi connectivity index (χ4n) is 4.23. The van der Waals surface area contributed by atoms with Gasteiger partial charge in [-0.15, -0.1) is 0 Å². The minimum atomic E-state index is -0.0734. The molecule has 1 aromatic rings. The Labute approximate surface area is 173 Å². The van der Waals surface area contributed by atoms with Crippen LogP contribution in [-0.2, 0) is 4.79 Å². The Hall–Kier alpha value is -1.95. The predicted molar refractivity (Wildman–Crippen MR) is 116 cm³/mol. The van der Waals surface area contributed by atoms with Crippen LogP contribution in [-0.4, -0.2) is 30.0 Å². The number of thiocarbonyl (C=S) groups is 1. The van der Waals surface area contributed by atoms with E-state index in [2.05, 4.69) is 10.6 Å². The molecule has 1 aromatic carbocycles. The van der Waals surface area contributed by atoms with E-state index in [1.165, 1.54) is 25.7 Å². The number of carbonyl (C=O) groups excluding carboxylic acids is 2. The summed E-state index contributed by atoms with van der Waals surface area (Å²) in [7, 11) is 1.80. The van der Waals surface area contributed by atoms with Crippen LogP contribution in [0, 0.1) is 5.92 Å². The number of nitrogens with zero attached hydrogens (tertiary/aromatic N) is 1. The SMILES string of the molecule is CN(C(=S)NC(=O)C1CCCCC1)c1ccccc1C(=O)NC1CCCCC1. The number of hydrogen-bond donors (Lipinski definition) is 2. The Morgan fingerprint density at radius 2 is 1.57 bits per heavy atom. The minimum Gasteiger partial charge on any atom is -0.349 e. The van der Waals surface area contributed by atoms with Crippen molar-refractivity contribution in [3.8, 4) is 0 Å². The Bertz CT molecular complexity index is 709. The zero-order chi connectivity index (χ0) is 19.9. The Morgan fingerprint density at radius 1 is 0.964 bits per heavy atom. The van der Waals surface area contributed by atoms with Gasteiger partial charge >= 0.3 is 0 Å². The topological polar surface area (TPSA) is 61.4 Å². The van der Waals surface area contributed by atoms with E-state index in [9.17, 15) is 9.59 Å². The lowest BCUT2D eigenvalue weighted by Gasteiger charge is -2.27. The maximum absolute atomic E-state index is 12.9. The molecule has 3 rings (SSSR count). The monoisotopic (exact) mass is 401 g/mol. The van der Waals surface area contributed by atoms with E-state index < -0.39 is 0 Å². The summed E-state index contributed by atoms with van der Waals surface area (Å²) in [6.07, 6.45) is 10.9. The molecule has 0 heterocycles. The van der Waals surface area contributed by atoms with Crippen molar-refractivity contribution < 1.29 is 9.59 Å². The van der Waals surface area contributed by atoms with Gasteiger partial charge in [-0.3, -0.25) is 9.59 Å². The molecule has 0 bridgehead atoms. The van der Waals surface area contributed by atoms with Crippen molar-refractivity contribution in [3.05, 3.63) is 29.8 Å². The highest BCUT2D eigenvalue weighted by Crippen LogP contribution is 2.25. The molecule has 0 spiro atoms. The molecule has 2 amide bonds.